The minimum atomic E-state index is -0.136. The van der Waals surface area contributed by atoms with Gasteiger partial charge in [0.05, 0.1) is 18.6 Å². The van der Waals surface area contributed by atoms with Gasteiger partial charge in [-0.3, -0.25) is 4.79 Å². The molecule has 2 aromatic carbocycles. The van der Waals surface area contributed by atoms with Crippen LogP contribution >= 0.6 is 0 Å². The molecule has 0 bridgehead atoms. The van der Waals surface area contributed by atoms with Crippen LogP contribution in [-0.4, -0.2) is 24.0 Å². The molecule has 138 valence electrons. The topological polar surface area (TPSA) is 46.4 Å². The molecular weight excluding hydrogens is 334 g/mol. The van der Waals surface area contributed by atoms with Crippen LogP contribution in [-0.2, 0) is 13.1 Å². The first-order valence-electron chi connectivity index (χ1n) is 9.83. The van der Waals surface area contributed by atoms with E-state index in [4.69, 9.17) is 0 Å². The number of benzene rings is 2. The fourth-order valence-electron chi connectivity index (χ4n) is 3.76. The molecule has 0 spiro atoms. The van der Waals surface area contributed by atoms with Crippen LogP contribution in [0.5, 0.6) is 0 Å². The van der Waals surface area contributed by atoms with Crippen LogP contribution < -0.4 is 10.2 Å². The van der Waals surface area contributed by atoms with E-state index in [1.165, 1.54) is 37.9 Å². The number of fused-ring (bicyclic) bond motifs is 1. The Morgan fingerprint density at radius 3 is 2.44 bits per heavy atom. The molecule has 4 rings (SSSR count). The molecule has 1 saturated heterocycles. The van der Waals surface area contributed by atoms with Crippen LogP contribution in [0.25, 0.3) is 10.9 Å². The number of nitrogens with zero attached hydrogens (tertiary/aromatic N) is 1. The number of rotatable bonds is 5. The maximum absolute atomic E-state index is 12.4. The molecule has 1 fully saturated rings. The summed E-state index contributed by atoms with van der Waals surface area (Å²) in [7, 11) is 0. The van der Waals surface area contributed by atoms with Gasteiger partial charge in [-0.1, -0.05) is 48.5 Å². The van der Waals surface area contributed by atoms with E-state index in [-0.39, 0.29) is 5.91 Å². The van der Waals surface area contributed by atoms with Gasteiger partial charge >= 0.3 is 0 Å². The van der Waals surface area contributed by atoms with Crippen molar-refractivity contribution in [3.05, 3.63) is 77.5 Å². The van der Waals surface area contributed by atoms with Crippen molar-refractivity contribution < 1.29 is 9.69 Å². The standard InChI is InChI=1S/C23H25N3O/c27-23(22-13-12-20-6-2-3-7-21(20)25-22)24-16-18-8-10-19(11-9-18)17-26-14-4-1-5-15-26/h2-3,6-13H,1,4-5,14-17H2,(H,24,27)/p+1. The normalized spacial score (nSPS) is 15.0. The molecule has 1 aromatic heterocycles. The van der Waals surface area contributed by atoms with Crippen molar-refractivity contribution in [2.24, 2.45) is 0 Å². The summed E-state index contributed by atoms with van der Waals surface area (Å²) in [4.78, 5) is 18.6. The Hall–Kier alpha value is -2.72. The highest BCUT2D eigenvalue weighted by Crippen LogP contribution is 2.12. The predicted molar refractivity (Wildman–Crippen MR) is 108 cm³/mol. The van der Waals surface area contributed by atoms with Gasteiger partial charge in [-0.2, -0.15) is 0 Å². The first-order chi connectivity index (χ1) is 13.3. The SMILES string of the molecule is O=C(NCc1ccc(C[NH+]2CCCCC2)cc1)c1ccc2ccccc2n1. The number of carbonyl (C=O) groups is 1. The van der Waals surface area contributed by atoms with E-state index >= 15 is 0 Å². The number of hydrogen-bond acceptors (Lipinski definition) is 2. The number of piperidine rings is 1. The maximum atomic E-state index is 12.4. The minimum Gasteiger partial charge on any atom is -0.347 e. The molecule has 0 atom stereocenters. The van der Waals surface area contributed by atoms with Crippen molar-refractivity contribution in [2.75, 3.05) is 13.1 Å². The van der Waals surface area contributed by atoms with Gasteiger partial charge in [-0.15, -0.1) is 0 Å². The van der Waals surface area contributed by atoms with Crippen LogP contribution in [0.3, 0.4) is 0 Å². The Bertz CT molecular complexity index is 914. The first-order valence-corrected chi connectivity index (χ1v) is 9.83. The Morgan fingerprint density at radius 2 is 1.63 bits per heavy atom. The van der Waals surface area contributed by atoms with Crippen molar-refractivity contribution in [3.63, 3.8) is 0 Å². The van der Waals surface area contributed by atoms with Gasteiger partial charge in [-0.25, -0.2) is 4.98 Å². The van der Waals surface area contributed by atoms with E-state index in [2.05, 4.69) is 34.6 Å². The molecule has 2 N–H and O–H groups in total. The molecule has 4 nitrogen and oxygen atoms in total. The zero-order chi connectivity index (χ0) is 18.5. The summed E-state index contributed by atoms with van der Waals surface area (Å²) < 4.78 is 0. The second-order valence-corrected chi connectivity index (χ2v) is 7.38. The summed E-state index contributed by atoms with van der Waals surface area (Å²) in [6.07, 6.45) is 4.08. The molecule has 4 heteroatoms. The fourth-order valence-corrected chi connectivity index (χ4v) is 3.76. The lowest BCUT2D eigenvalue weighted by Gasteiger charge is -2.23. The second-order valence-electron chi connectivity index (χ2n) is 7.38. The molecule has 2 heterocycles. The number of aromatic nitrogens is 1. The van der Waals surface area contributed by atoms with Gasteiger partial charge < -0.3 is 10.2 Å². The highest BCUT2D eigenvalue weighted by atomic mass is 16.1. The van der Waals surface area contributed by atoms with Gasteiger partial charge in [0.25, 0.3) is 5.91 Å². The number of likely N-dealkylation sites (tertiary alicyclic amines) is 1. The van der Waals surface area contributed by atoms with Crippen molar-refractivity contribution >= 4 is 16.8 Å². The van der Waals surface area contributed by atoms with Crippen molar-refractivity contribution in [3.8, 4) is 0 Å². The average Bonchev–Trinajstić information content (AvgIpc) is 2.73. The molecule has 1 amide bonds. The van der Waals surface area contributed by atoms with Gasteiger partial charge in [0, 0.05) is 17.5 Å². The smallest absolute Gasteiger partial charge is 0.270 e. The Labute approximate surface area is 160 Å². The minimum absolute atomic E-state index is 0.136. The number of pyridine rings is 1. The molecule has 0 aliphatic carbocycles. The molecule has 27 heavy (non-hydrogen) atoms. The lowest BCUT2D eigenvalue weighted by molar-refractivity contribution is -0.918. The van der Waals surface area contributed by atoms with E-state index in [0.29, 0.717) is 12.2 Å². The highest BCUT2D eigenvalue weighted by Gasteiger charge is 2.13. The third-order valence-electron chi connectivity index (χ3n) is 5.32. The molecule has 0 saturated carbocycles. The number of hydrogen-bond donors (Lipinski definition) is 2. The quantitative estimate of drug-likeness (QED) is 0.735. The van der Waals surface area contributed by atoms with E-state index in [0.717, 1.165) is 23.0 Å². The average molecular weight is 360 g/mol. The molecule has 1 aliphatic heterocycles. The number of quaternary nitrogens is 1. The van der Waals surface area contributed by atoms with Gasteiger partial charge in [-0.05, 0) is 37.0 Å². The van der Waals surface area contributed by atoms with Crippen molar-refractivity contribution in [2.45, 2.75) is 32.4 Å². The van der Waals surface area contributed by atoms with Gasteiger partial charge in [0.2, 0.25) is 0 Å². The fraction of sp³-hybridized carbons (Fsp3) is 0.304. The third kappa shape index (κ3) is 4.52. The van der Waals surface area contributed by atoms with Crippen LogP contribution in [0.15, 0.2) is 60.7 Å². The van der Waals surface area contributed by atoms with E-state index in [1.54, 1.807) is 11.0 Å². The van der Waals surface area contributed by atoms with E-state index in [9.17, 15) is 4.79 Å². The summed E-state index contributed by atoms with van der Waals surface area (Å²) in [6, 6.07) is 20.2. The first kappa shape index (κ1) is 17.7. The summed E-state index contributed by atoms with van der Waals surface area (Å²) in [5.41, 5.74) is 3.79. The number of nitrogens with one attached hydrogen (secondary N) is 2. The van der Waals surface area contributed by atoms with E-state index in [1.807, 2.05) is 30.3 Å². The van der Waals surface area contributed by atoms with Crippen LogP contribution in [0.2, 0.25) is 0 Å². The van der Waals surface area contributed by atoms with Crippen LogP contribution in [0, 0.1) is 0 Å². The Morgan fingerprint density at radius 1 is 0.889 bits per heavy atom. The Balaban J connectivity index is 1.34. The summed E-state index contributed by atoms with van der Waals surface area (Å²) in [5.74, 6) is -0.136. The lowest BCUT2D eigenvalue weighted by Crippen LogP contribution is -3.11. The zero-order valence-corrected chi connectivity index (χ0v) is 15.6. The Kier molecular flexibility index (Phi) is 5.45. The molecule has 0 radical (unpaired) electrons. The lowest BCUT2D eigenvalue weighted by atomic mass is 10.1. The second kappa shape index (κ2) is 8.31. The molecule has 1 aliphatic rings. The maximum Gasteiger partial charge on any atom is 0.270 e. The number of para-hydroxylation sites is 1. The highest BCUT2D eigenvalue weighted by molar-refractivity contribution is 5.94. The predicted octanol–water partition coefficient (Wildman–Crippen LogP) is 2.73. The summed E-state index contributed by atoms with van der Waals surface area (Å²) >= 11 is 0. The third-order valence-corrected chi connectivity index (χ3v) is 5.32. The molecule has 3 aromatic rings. The summed E-state index contributed by atoms with van der Waals surface area (Å²) in [6.45, 7) is 4.20. The van der Waals surface area contributed by atoms with Gasteiger partial charge in [0.15, 0.2) is 0 Å². The van der Waals surface area contributed by atoms with Crippen LogP contribution in [0.4, 0.5) is 0 Å². The zero-order valence-electron chi connectivity index (χ0n) is 15.6. The largest absolute Gasteiger partial charge is 0.347 e. The number of carbonyl (C=O) groups excluding carboxylic acids is 1. The number of amides is 1. The van der Waals surface area contributed by atoms with Gasteiger partial charge in [0.1, 0.15) is 12.2 Å². The van der Waals surface area contributed by atoms with E-state index < -0.39 is 0 Å². The summed E-state index contributed by atoms with van der Waals surface area (Å²) in [5, 5.41) is 4.02. The molecule has 0 unspecified atom stereocenters. The molecular formula is C23H26N3O+. The van der Waals surface area contributed by atoms with Crippen LogP contribution in [0.1, 0.15) is 40.9 Å². The van der Waals surface area contributed by atoms with Crippen molar-refractivity contribution in [1.82, 2.24) is 10.3 Å². The van der Waals surface area contributed by atoms with Crippen molar-refractivity contribution in [1.29, 1.82) is 0 Å². The monoisotopic (exact) mass is 360 g/mol.